The quantitative estimate of drug-likeness (QED) is 0.642. The van der Waals surface area contributed by atoms with Gasteiger partial charge < -0.3 is 9.64 Å². The summed E-state index contributed by atoms with van der Waals surface area (Å²) in [4.78, 5) is 2.41. The van der Waals surface area contributed by atoms with Gasteiger partial charge in [0.2, 0.25) is 0 Å². The molecule has 2 aliphatic rings. The first-order chi connectivity index (χ1) is 10.2. The van der Waals surface area contributed by atoms with Gasteiger partial charge in [0.1, 0.15) is 6.23 Å². The van der Waals surface area contributed by atoms with Crippen LogP contribution in [0.5, 0.6) is 0 Å². The van der Waals surface area contributed by atoms with Crippen molar-refractivity contribution < 1.29 is 4.74 Å². The number of allylic oxidation sites excluding steroid dienone is 1. The minimum atomic E-state index is 0.190. The fraction of sp³-hybridized carbons (Fsp3) is 0.529. The first-order valence-electron chi connectivity index (χ1n) is 7.72. The highest BCUT2D eigenvalue weighted by atomic mass is 79.9. The van der Waals surface area contributed by atoms with Gasteiger partial charge in [-0.05, 0) is 66.6 Å². The topological polar surface area (TPSA) is 12.5 Å². The zero-order chi connectivity index (χ0) is 14.8. The van der Waals surface area contributed by atoms with E-state index in [-0.39, 0.29) is 6.23 Å². The van der Waals surface area contributed by atoms with Gasteiger partial charge in [0.15, 0.2) is 0 Å². The van der Waals surface area contributed by atoms with E-state index in [9.17, 15) is 0 Å². The van der Waals surface area contributed by atoms with E-state index < -0.39 is 0 Å². The summed E-state index contributed by atoms with van der Waals surface area (Å²) in [5.41, 5.74) is 3.52. The van der Waals surface area contributed by atoms with Gasteiger partial charge in [0.05, 0.1) is 0 Å². The molecule has 0 spiro atoms. The third-order valence-electron chi connectivity index (χ3n) is 4.33. The predicted molar refractivity (Wildman–Crippen MR) is 93.1 cm³/mol. The summed E-state index contributed by atoms with van der Waals surface area (Å²) in [7, 11) is 0. The number of ether oxygens (including phenoxy) is 1. The Morgan fingerprint density at radius 1 is 1.33 bits per heavy atom. The van der Waals surface area contributed by atoms with Gasteiger partial charge in [-0.25, -0.2) is 0 Å². The lowest BCUT2D eigenvalue weighted by Crippen LogP contribution is -2.41. The molecule has 1 aromatic carbocycles. The molecule has 1 fully saturated rings. The van der Waals surface area contributed by atoms with E-state index in [4.69, 9.17) is 16.3 Å². The van der Waals surface area contributed by atoms with E-state index in [1.165, 1.54) is 24.1 Å². The predicted octanol–water partition coefficient (Wildman–Crippen LogP) is 5.55. The van der Waals surface area contributed by atoms with E-state index >= 15 is 0 Å². The van der Waals surface area contributed by atoms with Crippen molar-refractivity contribution in [2.75, 3.05) is 18.1 Å². The lowest BCUT2D eigenvalue weighted by atomic mass is 10.0. The maximum absolute atomic E-state index is 6.43. The number of fused-ring (bicyclic) bond motifs is 1. The number of hydrogen-bond acceptors (Lipinski definition) is 2. The van der Waals surface area contributed by atoms with Crippen LogP contribution in [-0.2, 0) is 4.74 Å². The average molecular weight is 371 g/mol. The van der Waals surface area contributed by atoms with Crippen LogP contribution in [0, 0.1) is 6.92 Å². The van der Waals surface area contributed by atoms with Crippen molar-refractivity contribution in [1.82, 2.24) is 0 Å². The molecule has 0 amide bonds. The molecule has 0 aromatic heterocycles. The van der Waals surface area contributed by atoms with Crippen molar-refractivity contribution in [2.24, 2.45) is 0 Å². The standard InChI is InChI=1S/C17H21BrClNO/c1-12-14(19)11-15-13(17(12)18)7-3-2-5-9-20(15)16-8-4-6-10-21-16/h3,7,11,16H,2,4-6,8-10H2,1H3/b7-3+. The van der Waals surface area contributed by atoms with E-state index in [2.05, 4.69) is 46.0 Å². The fourth-order valence-corrected chi connectivity index (χ4v) is 3.95. The van der Waals surface area contributed by atoms with Crippen molar-refractivity contribution in [3.8, 4) is 0 Å². The van der Waals surface area contributed by atoms with Crippen LogP contribution in [0.15, 0.2) is 16.6 Å². The second-order valence-electron chi connectivity index (χ2n) is 5.79. The van der Waals surface area contributed by atoms with E-state index in [1.807, 2.05) is 0 Å². The summed E-state index contributed by atoms with van der Waals surface area (Å²) in [6.07, 6.45) is 10.5. The molecule has 3 rings (SSSR count). The molecule has 0 radical (unpaired) electrons. The van der Waals surface area contributed by atoms with E-state index in [0.717, 1.165) is 47.5 Å². The summed E-state index contributed by atoms with van der Waals surface area (Å²) in [6, 6.07) is 2.10. The Labute approximate surface area is 140 Å². The third-order valence-corrected chi connectivity index (χ3v) is 5.74. The molecule has 0 N–H and O–H groups in total. The minimum Gasteiger partial charge on any atom is -0.358 e. The van der Waals surface area contributed by atoms with Crippen LogP contribution in [-0.4, -0.2) is 19.4 Å². The summed E-state index contributed by atoms with van der Waals surface area (Å²) in [5.74, 6) is 0. The van der Waals surface area contributed by atoms with E-state index in [1.54, 1.807) is 0 Å². The molecule has 2 heterocycles. The molecule has 0 aliphatic carbocycles. The highest BCUT2D eigenvalue weighted by molar-refractivity contribution is 9.10. The monoisotopic (exact) mass is 369 g/mol. The van der Waals surface area contributed by atoms with Crippen LogP contribution in [0.3, 0.4) is 0 Å². The number of benzene rings is 1. The molecular weight excluding hydrogens is 350 g/mol. The second kappa shape index (κ2) is 6.72. The number of hydrogen-bond donors (Lipinski definition) is 0. The van der Waals surface area contributed by atoms with Crippen LogP contribution in [0.25, 0.3) is 6.08 Å². The Morgan fingerprint density at radius 3 is 2.95 bits per heavy atom. The highest BCUT2D eigenvalue weighted by Gasteiger charge is 2.25. The summed E-state index contributed by atoms with van der Waals surface area (Å²) in [6.45, 7) is 3.95. The van der Waals surface area contributed by atoms with Crippen LogP contribution >= 0.6 is 27.5 Å². The molecule has 1 saturated heterocycles. The van der Waals surface area contributed by atoms with Gasteiger partial charge in [-0.2, -0.15) is 0 Å². The third kappa shape index (κ3) is 3.15. The van der Waals surface area contributed by atoms with Crippen LogP contribution in [0.2, 0.25) is 5.02 Å². The Morgan fingerprint density at radius 2 is 2.19 bits per heavy atom. The van der Waals surface area contributed by atoms with Crippen molar-refractivity contribution in [2.45, 2.75) is 45.3 Å². The molecule has 4 heteroatoms. The van der Waals surface area contributed by atoms with Crippen LogP contribution in [0.4, 0.5) is 5.69 Å². The van der Waals surface area contributed by atoms with Gasteiger partial charge in [0.25, 0.3) is 0 Å². The minimum absolute atomic E-state index is 0.190. The van der Waals surface area contributed by atoms with Gasteiger partial charge in [-0.1, -0.05) is 23.8 Å². The normalized spacial score (nSPS) is 24.1. The molecule has 0 bridgehead atoms. The fourth-order valence-electron chi connectivity index (χ4n) is 3.09. The maximum atomic E-state index is 6.43. The van der Waals surface area contributed by atoms with Gasteiger partial charge in [0, 0.05) is 33.9 Å². The number of nitrogens with zero attached hydrogens (tertiary/aromatic N) is 1. The lowest BCUT2D eigenvalue weighted by molar-refractivity contribution is 0.0141. The zero-order valence-electron chi connectivity index (χ0n) is 12.4. The Kier molecular flexibility index (Phi) is 4.92. The van der Waals surface area contributed by atoms with Gasteiger partial charge in [-0.15, -0.1) is 0 Å². The van der Waals surface area contributed by atoms with E-state index in [0.29, 0.717) is 0 Å². The molecule has 114 valence electrons. The molecule has 1 atom stereocenters. The van der Waals surface area contributed by atoms with Crippen molar-refractivity contribution in [1.29, 1.82) is 0 Å². The van der Waals surface area contributed by atoms with Crippen molar-refractivity contribution in [3.63, 3.8) is 0 Å². The molecular formula is C17H21BrClNO. The number of rotatable bonds is 1. The van der Waals surface area contributed by atoms with Crippen LogP contribution in [0.1, 0.15) is 43.2 Å². The smallest absolute Gasteiger partial charge is 0.130 e. The van der Waals surface area contributed by atoms with Crippen molar-refractivity contribution >= 4 is 39.3 Å². The van der Waals surface area contributed by atoms with Crippen LogP contribution < -0.4 is 4.90 Å². The van der Waals surface area contributed by atoms with Crippen molar-refractivity contribution in [3.05, 3.63) is 32.8 Å². The van der Waals surface area contributed by atoms with Gasteiger partial charge in [-0.3, -0.25) is 0 Å². The summed E-state index contributed by atoms with van der Waals surface area (Å²) >= 11 is 10.2. The number of anilines is 1. The largest absolute Gasteiger partial charge is 0.358 e. The molecule has 21 heavy (non-hydrogen) atoms. The summed E-state index contributed by atoms with van der Waals surface area (Å²) < 4.78 is 7.12. The second-order valence-corrected chi connectivity index (χ2v) is 6.99. The Balaban J connectivity index is 2.06. The first-order valence-corrected chi connectivity index (χ1v) is 8.89. The molecule has 1 aromatic rings. The molecule has 2 nitrogen and oxygen atoms in total. The first kappa shape index (κ1) is 15.4. The lowest BCUT2D eigenvalue weighted by Gasteiger charge is -2.38. The summed E-state index contributed by atoms with van der Waals surface area (Å²) in [5, 5.41) is 0.815. The SMILES string of the molecule is Cc1c(Cl)cc2c(c1Br)/C=C/CCCN2C1CCCCO1. The Hall–Kier alpha value is -0.510. The zero-order valence-corrected chi connectivity index (χ0v) is 14.7. The Bertz CT molecular complexity index is 552. The average Bonchev–Trinajstić information content (AvgIpc) is 2.48. The highest BCUT2D eigenvalue weighted by Crippen LogP contribution is 2.39. The number of halogens is 2. The van der Waals surface area contributed by atoms with Gasteiger partial charge >= 0.3 is 0 Å². The molecule has 1 unspecified atom stereocenters. The molecule has 0 saturated carbocycles. The maximum Gasteiger partial charge on any atom is 0.130 e. The molecule has 2 aliphatic heterocycles.